The first-order valence-electron chi connectivity index (χ1n) is 9.22. The normalized spacial score (nSPS) is 23.3. The number of carbonyl (C=O) groups is 1. The van der Waals surface area contributed by atoms with E-state index in [4.69, 9.17) is 0 Å². The minimum atomic E-state index is -2.91. The highest BCUT2D eigenvalue weighted by atomic mass is 32.2. The van der Waals surface area contributed by atoms with Crippen molar-refractivity contribution in [3.05, 3.63) is 18.3 Å². The summed E-state index contributed by atoms with van der Waals surface area (Å²) in [6, 6.07) is 3.74. The maximum atomic E-state index is 12.3. The monoisotopic (exact) mass is 365 g/mol. The summed E-state index contributed by atoms with van der Waals surface area (Å²) < 4.78 is 23.5. The molecule has 1 atom stereocenters. The summed E-state index contributed by atoms with van der Waals surface area (Å²) in [5.41, 5.74) is 0.903. The van der Waals surface area contributed by atoms with Crippen molar-refractivity contribution >= 4 is 27.2 Å². The lowest BCUT2D eigenvalue weighted by Crippen LogP contribution is -2.36. The van der Waals surface area contributed by atoms with Crippen LogP contribution in [-0.2, 0) is 14.6 Å². The van der Waals surface area contributed by atoms with E-state index in [0.29, 0.717) is 12.2 Å². The third-order valence-electron chi connectivity index (χ3n) is 5.30. The number of rotatable bonds is 5. The minimum absolute atomic E-state index is 0.0134. The average molecular weight is 365 g/mol. The zero-order chi connectivity index (χ0) is 17.9. The lowest BCUT2D eigenvalue weighted by atomic mass is 9.89. The molecule has 1 saturated heterocycles. The number of hydrogen-bond donors (Lipinski definition) is 1. The third-order valence-corrected chi connectivity index (χ3v) is 7.05. The molecule has 0 spiro atoms. The van der Waals surface area contributed by atoms with Crippen molar-refractivity contribution in [3.63, 3.8) is 0 Å². The van der Waals surface area contributed by atoms with Gasteiger partial charge in [-0.1, -0.05) is 19.3 Å². The van der Waals surface area contributed by atoms with Gasteiger partial charge in [0, 0.05) is 18.5 Å². The van der Waals surface area contributed by atoms with Gasteiger partial charge < -0.3 is 10.2 Å². The van der Waals surface area contributed by atoms with Crippen molar-refractivity contribution in [2.24, 2.45) is 5.92 Å². The SMILES string of the molecule is CCN(c1ccc(NC(=O)C2CCCCC2)nc1)C1CCS(=O)(=O)C1. The van der Waals surface area contributed by atoms with Gasteiger partial charge in [0.2, 0.25) is 5.91 Å². The van der Waals surface area contributed by atoms with Gasteiger partial charge in [-0.25, -0.2) is 13.4 Å². The largest absolute Gasteiger partial charge is 0.367 e. The molecule has 2 heterocycles. The van der Waals surface area contributed by atoms with Crippen molar-refractivity contribution in [1.29, 1.82) is 0 Å². The van der Waals surface area contributed by atoms with Crippen LogP contribution >= 0.6 is 0 Å². The fraction of sp³-hybridized carbons (Fsp3) is 0.667. The summed E-state index contributed by atoms with van der Waals surface area (Å²) in [6.45, 7) is 2.75. The number of nitrogens with one attached hydrogen (secondary N) is 1. The van der Waals surface area contributed by atoms with E-state index in [-0.39, 0.29) is 29.4 Å². The van der Waals surface area contributed by atoms with Crippen LogP contribution in [0.1, 0.15) is 45.4 Å². The molecule has 3 rings (SSSR count). The van der Waals surface area contributed by atoms with E-state index in [0.717, 1.165) is 37.9 Å². The molecule has 0 aromatic carbocycles. The van der Waals surface area contributed by atoms with Crippen molar-refractivity contribution < 1.29 is 13.2 Å². The molecule has 1 aromatic rings. The molecule has 138 valence electrons. The van der Waals surface area contributed by atoms with Crippen LogP contribution in [0, 0.1) is 5.92 Å². The molecule has 0 radical (unpaired) electrons. The lowest BCUT2D eigenvalue weighted by Gasteiger charge is -2.29. The average Bonchev–Trinajstić information content (AvgIpc) is 2.97. The molecule has 0 bridgehead atoms. The Kier molecular flexibility index (Phi) is 5.61. The Morgan fingerprint density at radius 3 is 2.56 bits per heavy atom. The van der Waals surface area contributed by atoms with Gasteiger partial charge >= 0.3 is 0 Å². The summed E-state index contributed by atoms with van der Waals surface area (Å²) in [5.74, 6) is 1.20. The fourth-order valence-electron chi connectivity index (χ4n) is 3.90. The molecule has 1 N–H and O–H groups in total. The van der Waals surface area contributed by atoms with E-state index in [2.05, 4.69) is 15.2 Å². The number of aromatic nitrogens is 1. The number of sulfone groups is 1. The zero-order valence-electron chi connectivity index (χ0n) is 14.8. The van der Waals surface area contributed by atoms with Crippen molar-refractivity contribution in [1.82, 2.24) is 4.98 Å². The molecular formula is C18H27N3O3S. The van der Waals surface area contributed by atoms with Crippen molar-refractivity contribution in [2.75, 3.05) is 28.3 Å². The standard InChI is InChI=1S/C18H27N3O3S/c1-2-21(16-10-11-25(23,24)13-16)15-8-9-17(19-12-15)20-18(22)14-6-4-3-5-7-14/h8-9,12,14,16H,2-7,10-11,13H2,1H3,(H,19,20,22). The fourth-order valence-corrected chi connectivity index (χ4v) is 5.63. The van der Waals surface area contributed by atoms with Crippen LogP contribution in [0.25, 0.3) is 0 Å². The summed E-state index contributed by atoms with van der Waals surface area (Å²) in [7, 11) is -2.91. The smallest absolute Gasteiger partial charge is 0.228 e. The first-order valence-corrected chi connectivity index (χ1v) is 11.0. The van der Waals surface area contributed by atoms with Gasteiger partial charge in [-0.15, -0.1) is 0 Å². The Hall–Kier alpha value is -1.63. The molecule has 2 aliphatic rings. The van der Waals surface area contributed by atoms with E-state index in [9.17, 15) is 13.2 Å². The quantitative estimate of drug-likeness (QED) is 0.868. The van der Waals surface area contributed by atoms with Crippen LogP contribution in [0.2, 0.25) is 0 Å². The topological polar surface area (TPSA) is 79.4 Å². The Labute approximate surface area is 149 Å². The van der Waals surface area contributed by atoms with Gasteiger partial charge in [0.15, 0.2) is 9.84 Å². The van der Waals surface area contributed by atoms with Gasteiger partial charge in [-0.2, -0.15) is 0 Å². The molecule has 1 unspecified atom stereocenters. The Morgan fingerprint density at radius 1 is 1.24 bits per heavy atom. The maximum Gasteiger partial charge on any atom is 0.228 e. The van der Waals surface area contributed by atoms with Gasteiger partial charge in [0.05, 0.1) is 23.4 Å². The minimum Gasteiger partial charge on any atom is -0.367 e. The predicted molar refractivity (Wildman–Crippen MR) is 99.5 cm³/mol. The van der Waals surface area contributed by atoms with Gasteiger partial charge in [0.1, 0.15) is 5.82 Å². The molecule has 1 aliphatic carbocycles. The van der Waals surface area contributed by atoms with Gasteiger partial charge in [-0.3, -0.25) is 4.79 Å². The molecule has 6 nitrogen and oxygen atoms in total. The van der Waals surface area contributed by atoms with E-state index < -0.39 is 9.84 Å². The Bertz CT molecular complexity index is 697. The van der Waals surface area contributed by atoms with E-state index in [1.807, 2.05) is 19.1 Å². The van der Waals surface area contributed by atoms with Crippen LogP contribution in [0.3, 0.4) is 0 Å². The maximum absolute atomic E-state index is 12.3. The number of amides is 1. The first kappa shape index (κ1) is 18.2. The van der Waals surface area contributed by atoms with Crippen LogP contribution < -0.4 is 10.2 Å². The second kappa shape index (κ2) is 7.72. The third kappa shape index (κ3) is 4.51. The molecular weight excluding hydrogens is 338 g/mol. The van der Waals surface area contributed by atoms with Crippen LogP contribution in [0.4, 0.5) is 11.5 Å². The number of anilines is 2. The number of hydrogen-bond acceptors (Lipinski definition) is 5. The van der Waals surface area contributed by atoms with Crippen LogP contribution in [-0.4, -0.2) is 43.4 Å². The highest BCUT2D eigenvalue weighted by Crippen LogP contribution is 2.26. The van der Waals surface area contributed by atoms with E-state index in [1.165, 1.54) is 6.42 Å². The number of pyridine rings is 1. The lowest BCUT2D eigenvalue weighted by molar-refractivity contribution is -0.120. The summed E-state index contributed by atoms with van der Waals surface area (Å²) in [6.07, 6.45) is 7.79. The van der Waals surface area contributed by atoms with Gasteiger partial charge in [0.25, 0.3) is 0 Å². The van der Waals surface area contributed by atoms with Crippen LogP contribution in [0.15, 0.2) is 18.3 Å². The highest BCUT2D eigenvalue weighted by Gasteiger charge is 2.32. The molecule has 1 saturated carbocycles. The number of carbonyl (C=O) groups excluding carboxylic acids is 1. The van der Waals surface area contributed by atoms with Crippen molar-refractivity contribution in [2.45, 2.75) is 51.5 Å². The second-order valence-electron chi connectivity index (χ2n) is 7.07. The summed E-state index contributed by atoms with van der Waals surface area (Å²) in [5, 5.41) is 2.91. The highest BCUT2D eigenvalue weighted by molar-refractivity contribution is 7.91. The van der Waals surface area contributed by atoms with Gasteiger partial charge in [-0.05, 0) is 38.3 Å². The van der Waals surface area contributed by atoms with Crippen molar-refractivity contribution in [3.8, 4) is 0 Å². The Morgan fingerprint density at radius 2 is 2.00 bits per heavy atom. The second-order valence-corrected chi connectivity index (χ2v) is 9.30. The first-order chi connectivity index (χ1) is 12.0. The predicted octanol–water partition coefficient (Wildman–Crippen LogP) is 2.61. The summed E-state index contributed by atoms with van der Waals surface area (Å²) in [4.78, 5) is 18.7. The molecule has 7 heteroatoms. The molecule has 1 amide bonds. The molecule has 25 heavy (non-hydrogen) atoms. The summed E-state index contributed by atoms with van der Waals surface area (Å²) >= 11 is 0. The van der Waals surface area contributed by atoms with E-state index in [1.54, 1.807) is 6.20 Å². The molecule has 2 fully saturated rings. The Balaban J connectivity index is 1.63. The van der Waals surface area contributed by atoms with Crippen LogP contribution in [0.5, 0.6) is 0 Å². The molecule has 1 aliphatic heterocycles. The number of nitrogens with zero attached hydrogens (tertiary/aromatic N) is 2. The molecule has 1 aromatic heterocycles. The van der Waals surface area contributed by atoms with E-state index >= 15 is 0 Å². The zero-order valence-corrected chi connectivity index (χ0v) is 15.6.